The largest absolute Gasteiger partial charge is 0.465 e. The second-order valence-electron chi connectivity index (χ2n) is 9.88. The van der Waals surface area contributed by atoms with Gasteiger partial charge in [-0.2, -0.15) is 0 Å². The first-order valence-electron chi connectivity index (χ1n) is 13.4. The summed E-state index contributed by atoms with van der Waals surface area (Å²) in [5.41, 5.74) is 0.808. The van der Waals surface area contributed by atoms with Gasteiger partial charge < -0.3 is 15.5 Å². The van der Waals surface area contributed by atoms with Crippen LogP contribution in [0.25, 0.3) is 10.9 Å². The molecule has 1 aliphatic carbocycles. The lowest BCUT2D eigenvalue weighted by Gasteiger charge is -2.35. The number of para-hydroxylation sites is 1. The molecular weight excluding hydrogens is 484 g/mol. The van der Waals surface area contributed by atoms with Crippen LogP contribution in [0.5, 0.6) is 0 Å². The van der Waals surface area contributed by atoms with Crippen molar-refractivity contribution >= 4 is 28.5 Å². The molecule has 1 fully saturated rings. The number of nitrogen functional groups attached to an aromatic ring is 1. The number of benzene rings is 1. The molecule has 1 aromatic carbocycles. The van der Waals surface area contributed by atoms with Gasteiger partial charge in [0.2, 0.25) is 0 Å². The lowest BCUT2D eigenvalue weighted by molar-refractivity contribution is -0.146. The number of fused-ring (bicyclic) bond motifs is 2. The van der Waals surface area contributed by atoms with E-state index in [1.165, 1.54) is 0 Å². The molecule has 38 heavy (non-hydrogen) atoms. The monoisotopic (exact) mass is 518 g/mol. The molecule has 2 aliphatic rings. The fraction of sp³-hybridized carbons (Fsp3) is 0.464. The third kappa shape index (κ3) is 5.26. The highest BCUT2D eigenvalue weighted by atomic mass is 16.5. The van der Waals surface area contributed by atoms with E-state index < -0.39 is 23.2 Å². The number of piperazine rings is 1. The molecule has 1 aliphatic heterocycles. The predicted molar refractivity (Wildman–Crippen MR) is 145 cm³/mol. The number of aromatic nitrogens is 3. The number of anilines is 1. The smallest absolute Gasteiger partial charge is 0.316 e. The van der Waals surface area contributed by atoms with Crippen molar-refractivity contribution in [2.45, 2.75) is 39.0 Å². The van der Waals surface area contributed by atoms with Gasteiger partial charge in [0.05, 0.1) is 17.8 Å². The van der Waals surface area contributed by atoms with Gasteiger partial charge in [-0.1, -0.05) is 18.2 Å². The molecule has 1 unspecified atom stereocenters. The molecule has 1 atom stereocenters. The van der Waals surface area contributed by atoms with Gasteiger partial charge in [-0.05, 0) is 57.4 Å². The quantitative estimate of drug-likeness (QED) is 0.206. The molecule has 0 amide bonds. The molecule has 0 saturated carbocycles. The highest BCUT2D eigenvalue weighted by Crippen LogP contribution is 2.24. The molecule has 0 spiro atoms. The van der Waals surface area contributed by atoms with E-state index in [1.807, 2.05) is 18.2 Å². The van der Waals surface area contributed by atoms with Gasteiger partial charge in [0.1, 0.15) is 23.1 Å². The minimum absolute atomic E-state index is 0.0701. The number of carbonyl (C=O) groups is 2. The summed E-state index contributed by atoms with van der Waals surface area (Å²) in [6.45, 7) is 6.63. The van der Waals surface area contributed by atoms with Crippen LogP contribution in [0.1, 0.15) is 48.1 Å². The second-order valence-corrected chi connectivity index (χ2v) is 9.88. The van der Waals surface area contributed by atoms with Crippen LogP contribution >= 0.6 is 0 Å². The van der Waals surface area contributed by atoms with Gasteiger partial charge in [0.25, 0.3) is 5.56 Å². The Hall–Kier alpha value is -3.79. The van der Waals surface area contributed by atoms with Crippen LogP contribution in [-0.2, 0) is 22.4 Å². The van der Waals surface area contributed by atoms with Crippen LogP contribution in [0.4, 0.5) is 5.82 Å². The number of unbranched alkanes of at least 4 members (excludes halogenated alkanes) is 1. The zero-order valence-electron chi connectivity index (χ0n) is 21.8. The van der Waals surface area contributed by atoms with E-state index in [1.54, 1.807) is 6.92 Å². The summed E-state index contributed by atoms with van der Waals surface area (Å²) in [5, 5.41) is 1.15. The van der Waals surface area contributed by atoms with Crippen molar-refractivity contribution < 1.29 is 14.3 Å². The number of ketones is 1. The number of hydrogen-bond donors (Lipinski definition) is 1. The molecule has 2 N–H and O–H groups in total. The van der Waals surface area contributed by atoms with Gasteiger partial charge in [0, 0.05) is 38.0 Å². The average molecular weight is 519 g/mol. The summed E-state index contributed by atoms with van der Waals surface area (Å²) in [4.78, 5) is 51.9. The van der Waals surface area contributed by atoms with Gasteiger partial charge in [-0.15, -0.1) is 0 Å². The maximum absolute atomic E-state index is 12.9. The fourth-order valence-corrected chi connectivity index (χ4v) is 5.34. The van der Waals surface area contributed by atoms with Crippen LogP contribution in [0, 0.1) is 5.92 Å². The molecule has 10 heteroatoms. The number of aryl methyl sites for hydroxylation is 2. The average Bonchev–Trinajstić information content (AvgIpc) is 2.93. The van der Waals surface area contributed by atoms with Gasteiger partial charge in [-0.3, -0.25) is 19.3 Å². The molecule has 10 nitrogen and oxygen atoms in total. The maximum atomic E-state index is 12.9. The zero-order valence-corrected chi connectivity index (χ0v) is 21.8. The number of pyridine rings is 1. The van der Waals surface area contributed by atoms with E-state index in [0.717, 1.165) is 67.0 Å². The molecule has 0 bridgehead atoms. The highest BCUT2D eigenvalue weighted by molar-refractivity contribution is 6.09. The Morgan fingerprint density at radius 3 is 2.63 bits per heavy atom. The normalized spacial score (nSPS) is 18.0. The molecule has 2 aromatic heterocycles. The Labute approximate surface area is 221 Å². The summed E-state index contributed by atoms with van der Waals surface area (Å²) in [6, 6.07) is 12.4. The lowest BCUT2D eigenvalue weighted by Crippen LogP contribution is -2.47. The first-order chi connectivity index (χ1) is 18.5. The van der Waals surface area contributed by atoms with E-state index in [2.05, 4.69) is 33.0 Å². The van der Waals surface area contributed by atoms with Gasteiger partial charge in [-0.25, -0.2) is 14.6 Å². The van der Waals surface area contributed by atoms with Crippen LogP contribution in [0.15, 0.2) is 41.2 Å². The number of nitrogens with zero attached hydrogens (tertiary/aromatic N) is 5. The number of rotatable bonds is 8. The Bertz CT molecular complexity index is 1400. The summed E-state index contributed by atoms with van der Waals surface area (Å²) in [6.07, 6.45) is 3.00. The van der Waals surface area contributed by atoms with E-state index in [-0.39, 0.29) is 12.2 Å². The van der Waals surface area contributed by atoms with Crippen LogP contribution in [0.2, 0.25) is 0 Å². The van der Waals surface area contributed by atoms with Crippen LogP contribution in [0.3, 0.4) is 0 Å². The van der Waals surface area contributed by atoms with Crippen LogP contribution < -0.4 is 16.3 Å². The first-order valence-corrected chi connectivity index (χ1v) is 13.4. The van der Waals surface area contributed by atoms with E-state index >= 15 is 0 Å². The van der Waals surface area contributed by atoms with Crippen molar-refractivity contribution in [3.63, 3.8) is 0 Å². The summed E-state index contributed by atoms with van der Waals surface area (Å²) < 4.78 is 5.96. The Morgan fingerprint density at radius 2 is 1.84 bits per heavy atom. The molecular formula is C28H34N6O4. The standard InChI is InChI=1S/C28H34N6O4/c1-2-38-28(37)20-11-12-22-25(26(20)35)27(36)34(29)24(31-22)9-5-6-14-32-15-17-33(18-16-32)23-13-10-19-7-3-4-8-21(19)30-23/h3-4,7-8,10,13,20H,2,5-6,9,11-12,14-18,29H2,1H3. The summed E-state index contributed by atoms with van der Waals surface area (Å²) in [7, 11) is 0. The third-order valence-corrected chi connectivity index (χ3v) is 7.47. The third-order valence-electron chi connectivity index (χ3n) is 7.47. The molecule has 0 radical (unpaired) electrons. The fourth-order valence-electron chi connectivity index (χ4n) is 5.34. The van der Waals surface area contributed by atoms with Gasteiger partial charge >= 0.3 is 5.97 Å². The van der Waals surface area contributed by atoms with E-state index in [9.17, 15) is 14.4 Å². The van der Waals surface area contributed by atoms with Crippen molar-refractivity contribution in [1.29, 1.82) is 0 Å². The number of carbonyl (C=O) groups excluding carboxylic acids is 2. The molecule has 3 heterocycles. The molecule has 200 valence electrons. The molecule has 3 aromatic rings. The number of hydrogen-bond acceptors (Lipinski definition) is 9. The van der Waals surface area contributed by atoms with Crippen molar-refractivity contribution in [2.75, 3.05) is 50.1 Å². The number of nitrogens with two attached hydrogens (primary N) is 1. The molecule has 5 rings (SSSR count). The van der Waals surface area contributed by atoms with Gasteiger partial charge in [0.15, 0.2) is 5.78 Å². The first kappa shape index (κ1) is 25.8. The predicted octanol–water partition coefficient (Wildman–Crippen LogP) is 1.96. The number of ether oxygens (including phenoxy) is 1. The van der Waals surface area contributed by atoms with Crippen molar-refractivity contribution in [3.8, 4) is 0 Å². The topological polar surface area (TPSA) is 124 Å². The Kier molecular flexibility index (Phi) is 7.69. The SMILES string of the molecule is CCOC(=O)C1CCc2nc(CCCCN3CCN(c4ccc5ccccc5n4)CC3)n(N)c(=O)c2C1=O. The highest BCUT2D eigenvalue weighted by Gasteiger charge is 2.37. The van der Waals surface area contributed by atoms with E-state index in [0.29, 0.717) is 30.8 Å². The minimum atomic E-state index is -0.958. The Balaban J connectivity index is 1.12. The van der Waals surface area contributed by atoms with Crippen molar-refractivity contribution in [3.05, 3.63) is 63.8 Å². The molecule has 1 saturated heterocycles. The minimum Gasteiger partial charge on any atom is -0.465 e. The zero-order chi connectivity index (χ0) is 26.6. The summed E-state index contributed by atoms with van der Waals surface area (Å²) in [5.74, 6) is 5.44. The maximum Gasteiger partial charge on any atom is 0.316 e. The van der Waals surface area contributed by atoms with E-state index in [4.69, 9.17) is 15.6 Å². The van der Waals surface area contributed by atoms with Crippen molar-refractivity contribution in [2.24, 2.45) is 5.92 Å². The number of Topliss-reactive ketones (excluding diaryl/α,β-unsaturated/α-hetero) is 1. The lowest BCUT2D eigenvalue weighted by atomic mass is 9.86. The second kappa shape index (κ2) is 11.3. The summed E-state index contributed by atoms with van der Waals surface area (Å²) >= 11 is 0. The van der Waals surface area contributed by atoms with Crippen molar-refractivity contribution in [1.82, 2.24) is 19.5 Å². The number of esters is 1. The Morgan fingerprint density at radius 1 is 1.05 bits per heavy atom. The van der Waals surface area contributed by atoms with Crippen LogP contribution in [-0.4, -0.2) is 70.6 Å².